The van der Waals surface area contributed by atoms with E-state index < -0.39 is 5.54 Å². The van der Waals surface area contributed by atoms with Gasteiger partial charge in [0.1, 0.15) is 11.6 Å². The second-order valence-corrected chi connectivity index (χ2v) is 9.14. The Balaban J connectivity index is 1.65. The van der Waals surface area contributed by atoms with Gasteiger partial charge in [0.25, 0.3) is 0 Å². The lowest BCUT2D eigenvalue weighted by molar-refractivity contribution is -0.161. The number of carbonyl (C=O) groups excluding carboxylic acids is 2. The van der Waals surface area contributed by atoms with Crippen molar-refractivity contribution >= 4 is 17.9 Å². The Bertz CT molecular complexity index is 736. The zero-order chi connectivity index (χ0) is 21.6. The molecule has 0 aromatic heterocycles. The van der Waals surface area contributed by atoms with Gasteiger partial charge in [0.05, 0.1) is 0 Å². The first-order chi connectivity index (χ1) is 14.5. The summed E-state index contributed by atoms with van der Waals surface area (Å²) in [6.07, 6.45) is 8.42. The van der Waals surface area contributed by atoms with Crippen molar-refractivity contribution in [3.63, 3.8) is 0 Å². The van der Waals surface area contributed by atoms with Gasteiger partial charge in [-0.05, 0) is 37.2 Å². The van der Waals surface area contributed by atoms with E-state index in [-0.39, 0.29) is 17.9 Å². The van der Waals surface area contributed by atoms with Gasteiger partial charge in [-0.25, -0.2) is 0 Å². The number of amides is 2. The highest BCUT2D eigenvalue weighted by Crippen LogP contribution is 2.34. The van der Waals surface area contributed by atoms with E-state index in [9.17, 15) is 9.59 Å². The molecule has 2 aliphatic rings. The Hall–Kier alpha value is -2.14. The Morgan fingerprint density at radius 2 is 1.87 bits per heavy atom. The molecule has 2 saturated heterocycles. The standard InChI is InChI=1S/C25H37N3O2/c1-4-5-16-28-23(29)22(19-20(2)3)26-24(30)25(28)13-17-27(18-14-25)15-9-12-21-10-7-6-8-11-21/h6-12,20,22H,4-5,13-19H2,1-3H3,(H,26,30)/b12-9+. The number of likely N-dealkylation sites (tertiary alicyclic amines) is 1. The van der Waals surface area contributed by atoms with E-state index in [1.807, 2.05) is 23.1 Å². The quantitative estimate of drug-likeness (QED) is 0.710. The van der Waals surface area contributed by atoms with E-state index >= 15 is 0 Å². The van der Waals surface area contributed by atoms with Gasteiger partial charge >= 0.3 is 0 Å². The van der Waals surface area contributed by atoms with Crippen molar-refractivity contribution in [3.05, 3.63) is 42.0 Å². The minimum Gasteiger partial charge on any atom is -0.342 e. The third-order valence-corrected chi connectivity index (χ3v) is 6.41. The number of hydrogen-bond acceptors (Lipinski definition) is 3. The van der Waals surface area contributed by atoms with Crippen molar-refractivity contribution in [1.82, 2.24) is 15.1 Å². The zero-order valence-electron chi connectivity index (χ0n) is 18.8. The molecular formula is C25H37N3O2. The topological polar surface area (TPSA) is 52.7 Å². The van der Waals surface area contributed by atoms with E-state index in [0.29, 0.717) is 31.7 Å². The maximum Gasteiger partial charge on any atom is 0.246 e. The molecule has 2 aliphatic heterocycles. The molecule has 0 bridgehead atoms. The van der Waals surface area contributed by atoms with Crippen LogP contribution < -0.4 is 5.32 Å². The summed E-state index contributed by atoms with van der Waals surface area (Å²) in [5.74, 6) is 0.553. The van der Waals surface area contributed by atoms with Crippen LogP contribution in [0.5, 0.6) is 0 Å². The second-order valence-electron chi connectivity index (χ2n) is 9.14. The molecule has 1 N–H and O–H groups in total. The Morgan fingerprint density at radius 1 is 1.17 bits per heavy atom. The van der Waals surface area contributed by atoms with Crippen molar-refractivity contribution in [3.8, 4) is 0 Å². The van der Waals surface area contributed by atoms with Crippen LogP contribution in [0.2, 0.25) is 0 Å². The molecule has 1 aromatic rings. The van der Waals surface area contributed by atoms with E-state index in [2.05, 4.69) is 55.3 Å². The maximum atomic E-state index is 13.3. The summed E-state index contributed by atoms with van der Waals surface area (Å²) in [4.78, 5) is 30.9. The molecule has 2 amide bonds. The number of piperidine rings is 1. The highest BCUT2D eigenvalue weighted by molar-refractivity contribution is 6.00. The van der Waals surface area contributed by atoms with E-state index in [1.165, 1.54) is 5.56 Å². The van der Waals surface area contributed by atoms with Crippen LogP contribution in [0.25, 0.3) is 6.08 Å². The molecule has 1 atom stereocenters. The first-order valence-electron chi connectivity index (χ1n) is 11.5. The van der Waals surface area contributed by atoms with Crippen LogP contribution in [0.15, 0.2) is 36.4 Å². The van der Waals surface area contributed by atoms with E-state index in [1.54, 1.807) is 0 Å². The number of benzene rings is 1. The SMILES string of the molecule is CCCCN1C(=O)C(CC(C)C)NC(=O)C12CCN(C/C=C/c1ccccc1)CC2. The molecule has 0 saturated carbocycles. The fraction of sp³-hybridized carbons (Fsp3) is 0.600. The minimum atomic E-state index is -0.667. The molecule has 1 spiro atoms. The lowest BCUT2D eigenvalue weighted by Gasteiger charge is -2.51. The molecule has 0 radical (unpaired) electrons. The predicted molar refractivity (Wildman–Crippen MR) is 122 cm³/mol. The summed E-state index contributed by atoms with van der Waals surface area (Å²) in [5.41, 5.74) is 0.532. The number of unbranched alkanes of at least 4 members (excludes halogenated alkanes) is 1. The molecule has 3 rings (SSSR count). The summed E-state index contributed by atoms with van der Waals surface area (Å²) < 4.78 is 0. The summed E-state index contributed by atoms with van der Waals surface area (Å²) in [5, 5.41) is 3.08. The average molecular weight is 412 g/mol. The lowest BCUT2D eigenvalue weighted by atomic mass is 9.80. The van der Waals surface area contributed by atoms with Crippen LogP contribution in [0.4, 0.5) is 0 Å². The van der Waals surface area contributed by atoms with Crippen molar-refractivity contribution in [2.75, 3.05) is 26.2 Å². The number of hydrogen-bond donors (Lipinski definition) is 1. The van der Waals surface area contributed by atoms with Gasteiger partial charge in [0.2, 0.25) is 11.8 Å². The first-order valence-corrected chi connectivity index (χ1v) is 11.5. The monoisotopic (exact) mass is 411 g/mol. The van der Waals surface area contributed by atoms with Crippen molar-refractivity contribution in [1.29, 1.82) is 0 Å². The van der Waals surface area contributed by atoms with Gasteiger partial charge in [-0.1, -0.05) is 69.7 Å². The van der Waals surface area contributed by atoms with Crippen molar-refractivity contribution in [2.45, 2.75) is 64.5 Å². The first kappa shape index (κ1) is 22.5. The molecule has 5 heteroatoms. The van der Waals surface area contributed by atoms with Gasteiger partial charge < -0.3 is 10.2 Å². The Labute approximate surface area is 181 Å². The highest BCUT2D eigenvalue weighted by Gasteiger charge is 2.53. The molecule has 2 fully saturated rings. The highest BCUT2D eigenvalue weighted by atomic mass is 16.2. The molecule has 1 unspecified atom stereocenters. The van der Waals surface area contributed by atoms with Gasteiger partial charge in [-0.2, -0.15) is 0 Å². The largest absolute Gasteiger partial charge is 0.342 e. The van der Waals surface area contributed by atoms with E-state index in [4.69, 9.17) is 0 Å². The fourth-order valence-corrected chi connectivity index (χ4v) is 4.65. The third kappa shape index (κ3) is 5.12. The van der Waals surface area contributed by atoms with Gasteiger partial charge in [0, 0.05) is 26.2 Å². The number of carbonyl (C=O) groups is 2. The number of nitrogens with one attached hydrogen (secondary N) is 1. The molecule has 0 aliphatic carbocycles. The van der Waals surface area contributed by atoms with Gasteiger partial charge in [-0.15, -0.1) is 0 Å². The summed E-state index contributed by atoms with van der Waals surface area (Å²) in [6, 6.07) is 9.93. The molecule has 164 valence electrons. The minimum absolute atomic E-state index is 0.0586. The van der Waals surface area contributed by atoms with Crippen LogP contribution >= 0.6 is 0 Å². The van der Waals surface area contributed by atoms with Crippen LogP contribution in [-0.4, -0.2) is 59.4 Å². The van der Waals surface area contributed by atoms with E-state index in [0.717, 1.165) is 32.5 Å². The summed E-state index contributed by atoms with van der Waals surface area (Å²) >= 11 is 0. The Morgan fingerprint density at radius 3 is 2.50 bits per heavy atom. The van der Waals surface area contributed by atoms with Crippen LogP contribution in [0.1, 0.15) is 58.4 Å². The van der Waals surface area contributed by atoms with Crippen LogP contribution in [-0.2, 0) is 9.59 Å². The smallest absolute Gasteiger partial charge is 0.246 e. The molecular weight excluding hydrogens is 374 g/mol. The van der Waals surface area contributed by atoms with Crippen molar-refractivity contribution < 1.29 is 9.59 Å². The lowest BCUT2D eigenvalue weighted by Crippen LogP contribution is -2.73. The second kappa shape index (κ2) is 10.3. The average Bonchev–Trinajstić information content (AvgIpc) is 2.74. The molecule has 30 heavy (non-hydrogen) atoms. The molecule has 2 heterocycles. The number of rotatable bonds is 8. The molecule has 1 aromatic carbocycles. The molecule has 5 nitrogen and oxygen atoms in total. The predicted octanol–water partition coefficient (Wildman–Crippen LogP) is 3.71. The summed E-state index contributed by atoms with van der Waals surface area (Å²) in [6.45, 7) is 9.54. The maximum absolute atomic E-state index is 13.3. The summed E-state index contributed by atoms with van der Waals surface area (Å²) in [7, 11) is 0. The number of nitrogens with zero attached hydrogens (tertiary/aromatic N) is 2. The van der Waals surface area contributed by atoms with Crippen LogP contribution in [0, 0.1) is 5.92 Å². The van der Waals surface area contributed by atoms with Crippen LogP contribution in [0.3, 0.4) is 0 Å². The zero-order valence-corrected chi connectivity index (χ0v) is 18.8. The van der Waals surface area contributed by atoms with Crippen molar-refractivity contribution in [2.24, 2.45) is 5.92 Å². The normalized spacial score (nSPS) is 22.3. The number of piperazine rings is 1. The third-order valence-electron chi connectivity index (χ3n) is 6.41. The fourth-order valence-electron chi connectivity index (χ4n) is 4.65. The van der Waals surface area contributed by atoms with Gasteiger partial charge in [0.15, 0.2) is 0 Å². The Kier molecular flexibility index (Phi) is 7.70. The van der Waals surface area contributed by atoms with Gasteiger partial charge in [-0.3, -0.25) is 14.5 Å².